The number of halogens is 1. The molecule has 100 valence electrons. The van der Waals surface area contributed by atoms with E-state index in [0.29, 0.717) is 12.1 Å². The maximum atomic E-state index is 3.81. The fourth-order valence-electron chi connectivity index (χ4n) is 3.04. The molecule has 1 aromatic carbocycles. The van der Waals surface area contributed by atoms with Crippen molar-refractivity contribution in [3.05, 3.63) is 34.3 Å². The summed E-state index contributed by atoms with van der Waals surface area (Å²) in [6.45, 7) is 4.60. The van der Waals surface area contributed by atoms with Crippen LogP contribution in [-0.4, -0.2) is 6.04 Å². The molecule has 0 aromatic heterocycles. The number of hydrogen-bond acceptors (Lipinski definition) is 1. The molecule has 2 heteroatoms. The van der Waals surface area contributed by atoms with Gasteiger partial charge in [-0.1, -0.05) is 54.2 Å². The van der Waals surface area contributed by atoms with E-state index >= 15 is 0 Å². The summed E-state index contributed by atoms with van der Waals surface area (Å²) in [5, 5.41) is 3.81. The summed E-state index contributed by atoms with van der Waals surface area (Å²) in [6, 6.07) is 9.79. The first-order valence-electron chi connectivity index (χ1n) is 7.20. The molecule has 0 aliphatic heterocycles. The highest BCUT2D eigenvalue weighted by molar-refractivity contribution is 9.10. The van der Waals surface area contributed by atoms with Crippen LogP contribution in [0.5, 0.6) is 0 Å². The van der Waals surface area contributed by atoms with E-state index in [0.717, 1.165) is 5.92 Å². The van der Waals surface area contributed by atoms with Crippen molar-refractivity contribution in [2.75, 3.05) is 0 Å². The van der Waals surface area contributed by atoms with Crippen LogP contribution in [0.25, 0.3) is 0 Å². The quantitative estimate of drug-likeness (QED) is 0.819. The average molecular weight is 310 g/mol. The van der Waals surface area contributed by atoms with Crippen LogP contribution in [0, 0.1) is 5.92 Å². The molecule has 1 nitrogen and oxygen atoms in total. The number of rotatable bonds is 4. The van der Waals surface area contributed by atoms with E-state index in [9.17, 15) is 0 Å². The predicted octanol–water partition coefficient (Wildman–Crippen LogP) is 5.07. The van der Waals surface area contributed by atoms with Gasteiger partial charge in [-0.2, -0.15) is 0 Å². The lowest BCUT2D eigenvalue weighted by Crippen LogP contribution is -2.35. The Labute approximate surface area is 119 Å². The lowest BCUT2D eigenvalue weighted by atomic mass is 9.84. The Balaban J connectivity index is 1.92. The van der Waals surface area contributed by atoms with E-state index < -0.39 is 0 Å². The molecule has 0 saturated heterocycles. The Bertz CT molecular complexity index is 377. The summed E-state index contributed by atoms with van der Waals surface area (Å²) >= 11 is 3.55. The van der Waals surface area contributed by atoms with Crippen molar-refractivity contribution in [3.8, 4) is 0 Å². The summed E-state index contributed by atoms with van der Waals surface area (Å²) in [5.41, 5.74) is 1.38. The predicted molar refractivity (Wildman–Crippen MR) is 81.7 cm³/mol. The zero-order valence-electron chi connectivity index (χ0n) is 11.5. The van der Waals surface area contributed by atoms with Gasteiger partial charge in [0, 0.05) is 16.6 Å². The van der Waals surface area contributed by atoms with Gasteiger partial charge in [0.25, 0.3) is 0 Å². The normalized spacial score (nSPS) is 25.9. The van der Waals surface area contributed by atoms with Crippen molar-refractivity contribution in [1.82, 2.24) is 5.32 Å². The third-order valence-corrected chi connectivity index (χ3v) is 4.69. The summed E-state index contributed by atoms with van der Waals surface area (Å²) in [5.74, 6) is 0.936. The zero-order valence-corrected chi connectivity index (χ0v) is 13.0. The van der Waals surface area contributed by atoms with Gasteiger partial charge < -0.3 is 5.32 Å². The molecule has 1 aliphatic rings. The highest BCUT2D eigenvalue weighted by Gasteiger charge is 2.22. The van der Waals surface area contributed by atoms with Crippen molar-refractivity contribution >= 4 is 15.9 Å². The molecular weight excluding hydrogens is 286 g/mol. The SMILES string of the molecule is CCC1CCCC(N[C@H](C)c2cccc(Br)c2)C1. The summed E-state index contributed by atoms with van der Waals surface area (Å²) < 4.78 is 1.17. The maximum absolute atomic E-state index is 3.81. The second-order valence-electron chi connectivity index (χ2n) is 5.58. The van der Waals surface area contributed by atoms with Crippen LogP contribution in [-0.2, 0) is 0 Å². The van der Waals surface area contributed by atoms with E-state index in [4.69, 9.17) is 0 Å². The molecule has 1 aliphatic carbocycles. The minimum atomic E-state index is 0.447. The van der Waals surface area contributed by atoms with Crippen LogP contribution < -0.4 is 5.32 Å². The molecule has 0 radical (unpaired) electrons. The Morgan fingerprint density at radius 3 is 2.94 bits per heavy atom. The fourth-order valence-corrected chi connectivity index (χ4v) is 3.46. The summed E-state index contributed by atoms with van der Waals surface area (Å²) in [6.07, 6.45) is 6.86. The molecular formula is C16H24BrN. The first-order chi connectivity index (χ1) is 8.69. The van der Waals surface area contributed by atoms with Crippen LogP contribution in [0.3, 0.4) is 0 Å². The minimum Gasteiger partial charge on any atom is -0.307 e. The van der Waals surface area contributed by atoms with Crippen LogP contribution >= 0.6 is 15.9 Å². The van der Waals surface area contributed by atoms with E-state index in [1.807, 2.05) is 0 Å². The molecule has 0 spiro atoms. The van der Waals surface area contributed by atoms with Crippen molar-refractivity contribution in [1.29, 1.82) is 0 Å². The largest absolute Gasteiger partial charge is 0.307 e. The minimum absolute atomic E-state index is 0.447. The molecule has 0 amide bonds. The topological polar surface area (TPSA) is 12.0 Å². The van der Waals surface area contributed by atoms with Crippen molar-refractivity contribution in [2.45, 2.75) is 58.0 Å². The third-order valence-electron chi connectivity index (χ3n) is 4.19. The molecule has 2 unspecified atom stereocenters. The van der Waals surface area contributed by atoms with Crippen molar-refractivity contribution in [2.24, 2.45) is 5.92 Å². The highest BCUT2D eigenvalue weighted by Crippen LogP contribution is 2.28. The van der Waals surface area contributed by atoms with Gasteiger partial charge in [0.05, 0.1) is 0 Å². The van der Waals surface area contributed by atoms with Crippen LogP contribution in [0.1, 0.15) is 57.6 Å². The van der Waals surface area contributed by atoms with Gasteiger partial charge in [0.1, 0.15) is 0 Å². The first kappa shape index (κ1) is 14.1. The second kappa shape index (κ2) is 6.72. The molecule has 0 heterocycles. The smallest absolute Gasteiger partial charge is 0.0294 e. The Kier molecular flexibility index (Phi) is 5.25. The number of nitrogens with one attached hydrogen (secondary N) is 1. The monoisotopic (exact) mass is 309 g/mol. The fraction of sp³-hybridized carbons (Fsp3) is 0.625. The van der Waals surface area contributed by atoms with Gasteiger partial charge in [0.15, 0.2) is 0 Å². The van der Waals surface area contributed by atoms with Crippen molar-refractivity contribution < 1.29 is 0 Å². The Morgan fingerprint density at radius 2 is 2.22 bits per heavy atom. The van der Waals surface area contributed by atoms with E-state index in [2.05, 4.69) is 59.4 Å². The maximum Gasteiger partial charge on any atom is 0.0294 e. The van der Waals surface area contributed by atoms with Gasteiger partial charge in [0.2, 0.25) is 0 Å². The van der Waals surface area contributed by atoms with Crippen molar-refractivity contribution in [3.63, 3.8) is 0 Å². The summed E-state index contributed by atoms with van der Waals surface area (Å²) in [7, 11) is 0. The van der Waals surface area contributed by atoms with Gasteiger partial charge in [-0.25, -0.2) is 0 Å². The average Bonchev–Trinajstić information content (AvgIpc) is 2.39. The number of benzene rings is 1. The molecule has 3 atom stereocenters. The van der Waals surface area contributed by atoms with Gasteiger partial charge in [-0.15, -0.1) is 0 Å². The van der Waals surface area contributed by atoms with Crippen LogP contribution in [0.4, 0.5) is 0 Å². The molecule has 0 bridgehead atoms. The van der Waals surface area contributed by atoms with E-state index in [1.54, 1.807) is 0 Å². The standard InChI is InChI=1S/C16H24BrN/c1-3-13-6-4-9-16(10-13)18-12(2)14-7-5-8-15(17)11-14/h5,7-8,11-13,16,18H,3-4,6,9-10H2,1-2H3/t12-,13?,16?/m1/s1. The Hall–Kier alpha value is -0.340. The first-order valence-corrected chi connectivity index (χ1v) is 8.00. The lowest BCUT2D eigenvalue weighted by molar-refractivity contribution is 0.266. The van der Waals surface area contributed by atoms with Crippen LogP contribution in [0.2, 0.25) is 0 Å². The van der Waals surface area contributed by atoms with Crippen LogP contribution in [0.15, 0.2) is 28.7 Å². The van der Waals surface area contributed by atoms with Gasteiger partial charge in [-0.3, -0.25) is 0 Å². The second-order valence-corrected chi connectivity index (χ2v) is 6.50. The number of hydrogen-bond donors (Lipinski definition) is 1. The molecule has 1 aromatic rings. The molecule has 1 fully saturated rings. The van der Waals surface area contributed by atoms with Gasteiger partial charge in [-0.05, 0) is 43.4 Å². The van der Waals surface area contributed by atoms with E-state index in [1.165, 1.54) is 42.1 Å². The molecule has 1 N–H and O–H groups in total. The van der Waals surface area contributed by atoms with Gasteiger partial charge >= 0.3 is 0 Å². The van der Waals surface area contributed by atoms with E-state index in [-0.39, 0.29) is 0 Å². The third kappa shape index (κ3) is 3.83. The highest BCUT2D eigenvalue weighted by atomic mass is 79.9. The molecule has 2 rings (SSSR count). The molecule has 18 heavy (non-hydrogen) atoms. The molecule has 1 saturated carbocycles. The Morgan fingerprint density at radius 1 is 1.39 bits per heavy atom. The zero-order chi connectivity index (χ0) is 13.0. The summed E-state index contributed by atoms with van der Waals surface area (Å²) in [4.78, 5) is 0. The lowest BCUT2D eigenvalue weighted by Gasteiger charge is -2.31.